The Morgan fingerprint density at radius 1 is 1.29 bits per heavy atom. The molecule has 0 atom stereocenters. The molecule has 3 rings (SSSR count). The third kappa shape index (κ3) is 4.75. The zero-order valence-corrected chi connectivity index (χ0v) is 16.0. The van der Waals surface area contributed by atoms with Gasteiger partial charge in [-0.3, -0.25) is 4.79 Å². The normalized spacial score (nSPS) is 13.5. The number of carbonyl (C=O) groups excluding carboxylic acids is 1. The minimum absolute atomic E-state index is 0.0882. The Bertz CT molecular complexity index is 959. The number of alkyl halides is 3. The number of benzene rings is 1. The summed E-state index contributed by atoms with van der Waals surface area (Å²) in [7, 11) is 0. The van der Waals surface area contributed by atoms with Crippen LogP contribution in [0.3, 0.4) is 0 Å². The molecule has 0 unspecified atom stereocenters. The summed E-state index contributed by atoms with van der Waals surface area (Å²) < 4.78 is 40.0. The number of fused-ring (bicyclic) bond motifs is 1. The van der Waals surface area contributed by atoms with Crippen LogP contribution in [-0.4, -0.2) is 21.6 Å². The van der Waals surface area contributed by atoms with E-state index in [2.05, 4.69) is 15.3 Å². The van der Waals surface area contributed by atoms with E-state index in [0.717, 1.165) is 18.2 Å². The smallest absolute Gasteiger partial charge is 0.324 e. The van der Waals surface area contributed by atoms with Gasteiger partial charge in [-0.25, -0.2) is 9.97 Å². The van der Waals surface area contributed by atoms with E-state index in [1.807, 2.05) is 6.07 Å². The second-order valence-corrected chi connectivity index (χ2v) is 7.50. The fraction of sp³-hybridized carbons (Fsp3) is 0.333. The van der Waals surface area contributed by atoms with E-state index >= 15 is 0 Å². The predicted octanol–water partition coefficient (Wildman–Crippen LogP) is 4.63. The number of nitrogens with zero attached hydrogens (tertiary/aromatic N) is 3. The SMILES string of the molecule is N#Cc1ccc(Cl)cc1NC(=O)CSc1nc2c(c(C(F)(F)F)n1)CCCC2. The molecule has 1 N–H and O–H groups in total. The lowest BCUT2D eigenvalue weighted by molar-refractivity contribution is -0.142. The Hall–Kier alpha value is -2.31. The third-order valence-corrected chi connectivity index (χ3v) is 5.22. The second kappa shape index (κ2) is 8.37. The summed E-state index contributed by atoms with van der Waals surface area (Å²) in [6, 6.07) is 6.34. The lowest BCUT2D eigenvalue weighted by Gasteiger charge is -2.20. The second-order valence-electron chi connectivity index (χ2n) is 6.12. The largest absolute Gasteiger partial charge is 0.433 e. The van der Waals surface area contributed by atoms with Gasteiger partial charge in [0, 0.05) is 16.3 Å². The van der Waals surface area contributed by atoms with Crippen LogP contribution in [0.4, 0.5) is 18.9 Å². The van der Waals surface area contributed by atoms with E-state index in [9.17, 15) is 18.0 Å². The van der Waals surface area contributed by atoms with Gasteiger partial charge in [0.2, 0.25) is 5.91 Å². The monoisotopic (exact) mass is 426 g/mol. The number of nitrogens with one attached hydrogen (secondary N) is 1. The summed E-state index contributed by atoms with van der Waals surface area (Å²) in [5.41, 5.74) is 0.111. The molecule has 0 bridgehead atoms. The first-order chi connectivity index (χ1) is 13.3. The van der Waals surface area contributed by atoms with Crippen molar-refractivity contribution in [3.8, 4) is 6.07 Å². The first-order valence-electron chi connectivity index (χ1n) is 8.37. The number of aryl methyl sites for hydroxylation is 1. The van der Waals surface area contributed by atoms with Gasteiger partial charge in [0.1, 0.15) is 6.07 Å². The number of aromatic nitrogens is 2. The molecule has 10 heteroatoms. The molecule has 146 valence electrons. The minimum Gasteiger partial charge on any atom is -0.324 e. The van der Waals surface area contributed by atoms with Gasteiger partial charge < -0.3 is 5.32 Å². The molecule has 28 heavy (non-hydrogen) atoms. The molecule has 1 aliphatic rings. The van der Waals surface area contributed by atoms with Crippen molar-refractivity contribution in [2.45, 2.75) is 37.0 Å². The number of halogens is 4. The first-order valence-corrected chi connectivity index (χ1v) is 9.73. The van der Waals surface area contributed by atoms with Gasteiger partial charge in [-0.05, 0) is 43.9 Å². The van der Waals surface area contributed by atoms with E-state index in [1.165, 1.54) is 18.2 Å². The Labute approximate surface area is 168 Å². The molecule has 0 aliphatic heterocycles. The zero-order valence-electron chi connectivity index (χ0n) is 14.4. The Kier molecular flexibility index (Phi) is 6.10. The molecule has 0 saturated heterocycles. The standard InChI is InChI=1S/C18H14ClF3N4OS/c19-11-6-5-10(8-23)14(7-11)24-15(27)9-28-17-25-13-4-2-1-3-12(13)16(26-17)18(20,21)22/h5-7H,1-4,9H2,(H,24,27). The molecule has 0 spiro atoms. The summed E-state index contributed by atoms with van der Waals surface area (Å²) in [4.78, 5) is 20.0. The fourth-order valence-electron chi connectivity index (χ4n) is 2.90. The van der Waals surface area contributed by atoms with Crippen LogP contribution in [0.15, 0.2) is 23.4 Å². The molecule has 1 aliphatic carbocycles. The molecule has 0 fully saturated rings. The van der Waals surface area contributed by atoms with E-state index in [-0.39, 0.29) is 27.7 Å². The van der Waals surface area contributed by atoms with Crippen LogP contribution >= 0.6 is 23.4 Å². The number of amides is 1. The van der Waals surface area contributed by atoms with Crippen LogP contribution in [0.5, 0.6) is 0 Å². The number of thioether (sulfide) groups is 1. The van der Waals surface area contributed by atoms with Crippen molar-refractivity contribution >= 4 is 35.0 Å². The van der Waals surface area contributed by atoms with E-state index in [1.54, 1.807) is 0 Å². The molecule has 2 aromatic rings. The number of hydrogen-bond acceptors (Lipinski definition) is 5. The van der Waals surface area contributed by atoms with Crippen LogP contribution in [0.25, 0.3) is 0 Å². The minimum atomic E-state index is -4.57. The molecular weight excluding hydrogens is 413 g/mol. The van der Waals surface area contributed by atoms with E-state index < -0.39 is 17.8 Å². The van der Waals surface area contributed by atoms with Crippen molar-refractivity contribution in [3.63, 3.8) is 0 Å². The maximum atomic E-state index is 13.3. The van der Waals surface area contributed by atoms with Crippen molar-refractivity contribution in [1.29, 1.82) is 5.26 Å². The average Bonchev–Trinajstić information content (AvgIpc) is 2.65. The summed E-state index contributed by atoms with van der Waals surface area (Å²) in [6.45, 7) is 0. The Morgan fingerprint density at radius 3 is 2.75 bits per heavy atom. The molecule has 0 radical (unpaired) electrons. The van der Waals surface area contributed by atoms with Gasteiger partial charge in [0.15, 0.2) is 10.9 Å². The number of rotatable bonds is 4. The molecule has 1 amide bonds. The lowest BCUT2D eigenvalue weighted by atomic mass is 9.94. The van der Waals surface area contributed by atoms with Crippen LogP contribution in [0.2, 0.25) is 5.02 Å². The summed E-state index contributed by atoms with van der Waals surface area (Å²) >= 11 is 6.68. The zero-order chi connectivity index (χ0) is 20.3. The maximum absolute atomic E-state index is 13.3. The Balaban J connectivity index is 1.75. The topological polar surface area (TPSA) is 78.7 Å². The van der Waals surface area contributed by atoms with Crippen molar-refractivity contribution < 1.29 is 18.0 Å². The molecule has 0 saturated carbocycles. The molecule has 1 aromatic carbocycles. The number of nitriles is 1. The van der Waals surface area contributed by atoms with Crippen molar-refractivity contribution in [1.82, 2.24) is 9.97 Å². The summed E-state index contributed by atoms with van der Waals surface area (Å²) in [6.07, 6.45) is -2.34. The third-order valence-electron chi connectivity index (χ3n) is 4.14. The van der Waals surface area contributed by atoms with Crippen molar-refractivity contribution in [2.24, 2.45) is 0 Å². The van der Waals surface area contributed by atoms with Gasteiger partial charge in [-0.15, -0.1) is 0 Å². The van der Waals surface area contributed by atoms with Crippen molar-refractivity contribution in [3.05, 3.63) is 45.7 Å². The number of hydrogen-bond donors (Lipinski definition) is 1. The van der Waals surface area contributed by atoms with Gasteiger partial charge in [-0.2, -0.15) is 18.4 Å². The van der Waals surface area contributed by atoms with E-state index in [0.29, 0.717) is 30.0 Å². The molecule has 1 heterocycles. The van der Waals surface area contributed by atoms with Gasteiger partial charge >= 0.3 is 6.18 Å². The van der Waals surface area contributed by atoms with Crippen LogP contribution in [-0.2, 0) is 23.8 Å². The molecular formula is C18H14ClF3N4OS. The first kappa shape index (κ1) is 20.4. The molecule has 1 aromatic heterocycles. The van der Waals surface area contributed by atoms with Crippen LogP contribution in [0.1, 0.15) is 35.4 Å². The number of anilines is 1. The van der Waals surface area contributed by atoms with Gasteiger partial charge in [-0.1, -0.05) is 23.4 Å². The highest BCUT2D eigenvalue weighted by Crippen LogP contribution is 2.35. The van der Waals surface area contributed by atoms with Gasteiger partial charge in [0.05, 0.1) is 17.0 Å². The summed E-state index contributed by atoms with van der Waals surface area (Å²) in [5, 5.41) is 11.9. The molecule has 5 nitrogen and oxygen atoms in total. The van der Waals surface area contributed by atoms with Crippen LogP contribution < -0.4 is 5.32 Å². The highest BCUT2D eigenvalue weighted by molar-refractivity contribution is 7.99. The highest BCUT2D eigenvalue weighted by Gasteiger charge is 2.38. The quantitative estimate of drug-likeness (QED) is 0.569. The summed E-state index contributed by atoms with van der Waals surface area (Å²) in [5.74, 6) is -0.702. The average molecular weight is 427 g/mol. The van der Waals surface area contributed by atoms with Crippen molar-refractivity contribution in [2.75, 3.05) is 11.1 Å². The lowest BCUT2D eigenvalue weighted by Crippen LogP contribution is -2.20. The Morgan fingerprint density at radius 2 is 2.04 bits per heavy atom. The highest BCUT2D eigenvalue weighted by atomic mass is 35.5. The van der Waals surface area contributed by atoms with Gasteiger partial charge in [0.25, 0.3) is 0 Å². The van der Waals surface area contributed by atoms with Crippen LogP contribution in [0, 0.1) is 11.3 Å². The van der Waals surface area contributed by atoms with E-state index in [4.69, 9.17) is 16.9 Å². The maximum Gasteiger partial charge on any atom is 0.433 e. The predicted molar refractivity (Wildman–Crippen MR) is 99.2 cm³/mol. The fourth-order valence-corrected chi connectivity index (χ4v) is 3.74. The number of carbonyl (C=O) groups is 1.